The van der Waals surface area contributed by atoms with Gasteiger partial charge in [-0.25, -0.2) is 10.8 Å². The van der Waals surface area contributed by atoms with Crippen molar-refractivity contribution in [3.63, 3.8) is 0 Å². The van der Waals surface area contributed by atoms with Crippen molar-refractivity contribution in [1.82, 2.24) is 20.2 Å². The Hall–Kier alpha value is -4.53. The van der Waals surface area contributed by atoms with Crippen LogP contribution < -0.4 is 11.3 Å². The molecule has 1 heterocycles. The number of rotatable bonds is 9. The second-order valence-corrected chi connectivity index (χ2v) is 10.9. The number of thioether (sulfide) groups is 1. The Kier molecular flexibility index (Phi) is 15.1. The highest BCUT2D eigenvalue weighted by Gasteiger charge is 2.14. The highest BCUT2D eigenvalue weighted by atomic mass is 32.2. The molecule has 228 valence electrons. The van der Waals surface area contributed by atoms with E-state index in [0.717, 1.165) is 53.6 Å². The van der Waals surface area contributed by atoms with Gasteiger partial charge in [-0.3, -0.25) is 14.8 Å². The monoisotopic (exact) mass is 606 g/mol. The average Bonchev–Trinajstić information content (AvgIpc) is 3.51. The number of para-hydroxylation sites is 2. The minimum Gasteiger partial charge on any atom is -0.290 e. The van der Waals surface area contributed by atoms with Crippen molar-refractivity contribution >= 4 is 28.4 Å². The third-order valence-electron chi connectivity index (χ3n) is 6.20. The maximum atomic E-state index is 10.8. The molecule has 0 aliphatic rings. The van der Waals surface area contributed by atoms with Crippen LogP contribution in [0.5, 0.6) is 0 Å². The summed E-state index contributed by atoms with van der Waals surface area (Å²) < 4.78 is 2.15. The van der Waals surface area contributed by atoms with Gasteiger partial charge < -0.3 is 0 Å². The predicted molar refractivity (Wildman–Crippen MR) is 185 cm³/mol. The molecule has 0 fully saturated rings. The summed E-state index contributed by atoms with van der Waals surface area (Å²) in [5.41, 5.74) is 5.88. The van der Waals surface area contributed by atoms with E-state index in [2.05, 4.69) is 64.8 Å². The summed E-state index contributed by atoms with van der Waals surface area (Å²) in [5, 5.41) is 10.0. The Bertz CT molecular complexity index is 1520. The van der Waals surface area contributed by atoms with Gasteiger partial charge in [0.25, 0.3) is 5.91 Å². The van der Waals surface area contributed by atoms with Crippen molar-refractivity contribution in [1.29, 1.82) is 0 Å². The van der Waals surface area contributed by atoms with Gasteiger partial charge in [-0.1, -0.05) is 112 Å². The fraction of sp³-hybridized carbons (Fsp3) is 0.222. The van der Waals surface area contributed by atoms with Gasteiger partial charge in [0.2, 0.25) is 0 Å². The first-order valence-electron chi connectivity index (χ1n) is 15.0. The van der Waals surface area contributed by atoms with E-state index in [9.17, 15) is 4.79 Å². The van der Waals surface area contributed by atoms with Crippen molar-refractivity contribution in [2.24, 2.45) is 10.8 Å². The number of carbonyl (C=O) groups excluding carboxylic acids is 1. The predicted octanol–water partition coefficient (Wildman–Crippen LogP) is 8.45. The molecule has 0 saturated heterocycles. The summed E-state index contributed by atoms with van der Waals surface area (Å²) >= 11 is 1.85. The molecule has 0 bridgehead atoms. The molecule has 3 N–H and O–H groups in total. The molecule has 8 heteroatoms. The maximum Gasteiger partial charge on any atom is 0.265 e. The molecule has 5 rings (SSSR count). The Morgan fingerprint density at radius 2 is 1.34 bits per heavy atom. The lowest BCUT2D eigenvalue weighted by atomic mass is 10.2. The molecule has 0 aliphatic carbocycles. The molecule has 0 aliphatic heterocycles. The molecule has 7 nitrogen and oxygen atoms in total. The number of amides is 1. The zero-order valence-electron chi connectivity index (χ0n) is 25.8. The van der Waals surface area contributed by atoms with Crippen LogP contribution in [0.2, 0.25) is 0 Å². The fourth-order valence-electron chi connectivity index (χ4n) is 4.18. The average molecular weight is 607 g/mol. The van der Waals surface area contributed by atoms with Crippen LogP contribution in [-0.2, 0) is 6.42 Å². The van der Waals surface area contributed by atoms with Crippen LogP contribution in [0.15, 0.2) is 126 Å². The van der Waals surface area contributed by atoms with Crippen LogP contribution >= 0.6 is 11.8 Å². The van der Waals surface area contributed by atoms with Gasteiger partial charge in [0.05, 0.1) is 10.7 Å². The Labute approximate surface area is 265 Å². The smallest absolute Gasteiger partial charge is 0.265 e. The number of carbonyl (C=O) groups is 1. The van der Waals surface area contributed by atoms with Gasteiger partial charge in [-0.15, -0.1) is 22.0 Å². The molecule has 4 aromatic carbocycles. The molecule has 0 radical (unpaired) electrons. The van der Waals surface area contributed by atoms with Gasteiger partial charge in [0, 0.05) is 23.2 Å². The molecular formula is C36H42N6OS. The molecule has 5 aromatic rings. The van der Waals surface area contributed by atoms with E-state index >= 15 is 0 Å². The SMILES string of the molecule is CCCC(=Nc1ccccc1)SCC.CCCc1nnc(-c2ccccc2)n1-c1ccccc1.NNC(=O)c1ccccc1. The summed E-state index contributed by atoms with van der Waals surface area (Å²) in [4.78, 5) is 15.4. The Balaban J connectivity index is 0.000000193. The number of aromatic nitrogens is 3. The largest absolute Gasteiger partial charge is 0.290 e. The summed E-state index contributed by atoms with van der Waals surface area (Å²) in [5.74, 6) is 7.66. The lowest BCUT2D eigenvalue weighted by Crippen LogP contribution is -2.29. The molecule has 0 atom stereocenters. The van der Waals surface area contributed by atoms with E-state index in [4.69, 9.17) is 5.84 Å². The van der Waals surface area contributed by atoms with Crippen LogP contribution in [-0.4, -0.2) is 31.5 Å². The van der Waals surface area contributed by atoms with E-state index in [1.165, 1.54) is 11.5 Å². The molecule has 1 aromatic heterocycles. The number of aliphatic imine (C=N–C) groups is 1. The summed E-state index contributed by atoms with van der Waals surface area (Å²) in [6, 6.07) is 39.5. The minimum absolute atomic E-state index is 0.263. The van der Waals surface area contributed by atoms with Crippen molar-refractivity contribution in [2.75, 3.05) is 5.75 Å². The summed E-state index contributed by atoms with van der Waals surface area (Å²) in [7, 11) is 0. The molecule has 1 amide bonds. The van der Waals surface area contributed by atoms with Gasteiger partial charge in [0.15, 0.2) is 5.82 Å². The highest BCUT2D eigenvalue weighted by Crippen LogP contribution is 2.23. The third-order valence-corrected chi connectivity index (χ3v) is 7.12. The lowest BCUT2D eigenvalue weighted by Gasteiger charge is -2.10. The van der Waals surface area contributed by atoms with Crippen LogP contribution in [0, 0.1) is 0 Å². The van der Waals surface area contributed by atoms with Crippen LogP contribution in [0.25, 0.3) is 17.1 Å². The lowest BCUT2D eigenvalue weighted by molar-refractivity contribution is 0.0953. The Morgan fingerprint density at radius 3 is 1.89 bits per heavy atom. The maximum absolute atomic E-state index is 10.8. The van der Waals surface area contributed by atoms with Crippen LogP contribution in [0.3, 0.4) is 0 Å². The van der Waals surface area contributed by atoms with Crippen LogP contribution in [0.4, 0.5) is 5.69 Å². The number of hydrazine groups is 1. The number of nitrogens with zero attached hydrogens (tertiary/aromatic N) is 4. The Morgan fingerprint density at radius 1 is 0.773 bits per heavy atom. The van der Waals surface area contributed by atoms with E-state index in [1.807, 2.05) is 90.0 Å². The fourth-order valence-corrected chi connectivity index (χ4v) is 5.04. The van der Waals surface area contributed by atoms with E-state index in [-0.39, 0.29) is 5.91 Å². The van der Waals surface area contributed by atoms with Gasteiger partial charge >= 0.3 is 0 Å². The number of aryl methyl sites for hydroxylation is 1. The molecular weight excluding hydrogens is 565 g/mol. The molecule has 0 unspecified atom stereocenters. The first-order valence-corrected chi connectivity index (χ1v) is 16.0. The van der Waals surface area contributed by atoms with Crippen molar-refractivity contribution in [3.05, 3.63) is 133 Å². The van der Waals surface area contributed by atoms with E-state index in [0.29, 0.717) is 5.56 Å². The number of hydrogen-bond donors (Lipinski definition) is 2. The minimum atomic E-state index is -0.263. The summed E-state index contributed by atoms with van der Waals surface area (Å²) in [6.45, 7) is 6.52. The number of benzene rings is 4. The van der Waals surface area contributed by atoms with Gasteiger partial charge in [0.1, 0.15) is 5.82 Å². The van der Waals surface area contributed by atoms with Crippen molar-refractivity contribution in [3.8, 4) is 17.1 Å². The second kappa shape index (κ2) is 19.6. The zero-order valence-corrected chi connectivity index (χ0v) is 26.6. The third kappa shape index (κ3) is 10.9. The first kappa shape index (κ1) is 34.0. The number of hydrogen-bond acceptors (Lipinski definition) is 6. The highest BCUT2D eigenvalue weighted by molar-refractivity contribution is 8.13. The summed E-state index contributed by atoms with van der Waals surface area (Å²) in [6.07, 6.45) is 4.24. The van der Waals surface area contributed by atoms with E-state index in [1.54, 1.807) is 24.3 Å². The van der Waals surface area contributed by atoms with Gasteiger partial charge in [-0.2, -0.15) is 0 Å². The molecule has 44 heavy (non-hydrogen) atoms. The standard InChI is InChI=1S/C17H17N3.C12H17NS.C7H8N2O/c1-2-9-16-18-19-17(14-10-5-3-6-11-14)20(16)15-12-7-4-8-13-15;1-3-8-12(14-4-2)13-11-9-6-5-7-10-11;8-9-7(10)6-4-2-1-3-5-6/h3-8,10-13H,2,9H2,1H3;5-7,9-10H,3-4,8H2,1-2H3;1-5H,8H2,(H,9,10). The van der Waals surface area contributed by atoms with Crippen LogP contribution in [0.1, 0.15) is 56.2 Å². The zero-order chi connectivity index (χ0) is 31.4. The molecule has 0 saturated carbocycles. The second-order valence-electron chi connectivity index (χ2n) is 9.59. The normalized spacial score (nSPS) is 10.6. The topological polar surface area (TPSA) is 98.2 Å². The number of nitrogens with two attached hydrogens (primary N) is 1. The quantitative estimate of drug-likeness (QED) is 0.0577. The van der Waals surface area contributed by atoms with Gasteiger partial charge in [-0.05, 0) is 55.0 Å². The van der Waals surface area contributed by atoms with Crippen molar-refractivity contribution < 1.29 is 4.79 Å². The number of nitrogens with one attached hydrogen (secondary N) is 1. The van der Waals surface area contributed by atoms with Crippen molar-refractivity contribution in [2.45, 2.75) is 46.5 Å². The first-order chi connectivity index (χ1) is 21.6. The molecule has 0 spiro atoms. The van der Waals surface area contributed by atoms with E-state index < -0.39 is 0 Å². The number of nitrogen functional groups attached to an aromatic ring is 1.